The predicted molar refractivity (Wildman–Crippen MR) is 177 cm³/mol. The molecule has 3 aliphatic carbocycles. The fraction of sp³-hybridized carbons (Fsp3) is 0.128. The number of benzene rings is 5. The Hall–Kier alpha value is -5.14. The van der Waals surface area contributed by atoms with Crippen molar-refractivity contribution in [2.24, 2.45) is 11.8 Å². The molecule has 7 heteroatoms. The van der Waals surface area contributed by atoms with Gasteiger partial charge in [0.15, 0.2) is 12.4 Å². The van der Waals surface area contributed by atoms with Crippen LogP contribution in [0.1, 0.15) is 48.9 Å². The monoisotopic (exact) mass is 667 g/mol. The van der Waals surface area contributed by atoms with Crippen LogP contribution in [0.2, 0.25) is 0 Å². The number of amides is 2. The second-order valence-corrected chi connectivity index (χ2v) is 13.1. The molecule has 5 aromatic carbocycles. The van der Waals surface area contributed by atoms with E-state index in [0.717, 1.165) is 33.4 Å². The third-order valence-electron chi connectivity index (χ3n) is 9.52. The largest absolute Gasteiger partial charge is 0.454 e. The maximum Gasteiger partial charge on any atom is 0.338 e. The smallest absolute Gasteiger partial charge is 0.338 e. The first-order valence-corrected chi connectivity index (χ1v) is 15.9. The number of rotatable bonds is 6. The zero-order valence-corrected chi connectivity index (χ0v) is 26.0. The number of ketones is 1. The maximum atomic E-state index is 14.1. The van der Waals surface area contributed by atoms with Gasteiger partial charge in [0.1, 0.15) is 0 Å². The van der Waals surface area contributed by atoms with Gasteiger partial charge in [0.25, 0.3) is 0 Å². The topological polar surface area (TPSA) is 80.8 Å². The molecule has 2 amide bonds. The average Bonchev–Trinajstić information content (AvgIpc) is 3.38. The van der Waals surface area contributed by atoms with Crippen molar-refractivity contribution < 1.29 is 23.9 Å². The average molecular weight is 669 g/mol. The van der Waals surface area contributed by atoms with Crippen molar-refractivity contribution in [3.05, 3.63) is 161 Å². The fourth-order valence-corrected chi connectivity index (χ4v) is 8.66. The van der Waals surface area contributed by atoms with E-state index in [9.17, 15) is 19.2 Å². The molecule has 0 unspecified atom stereocenters. The normalized spacial score (nSPS) is 22.2. The van der Waals surface area contributed by atoms with Gasteiger partial charge in [0.2, 0.25) is 11.8 Å². The second-order valence-electron chi connectivity index (χ2n) is 11.9. The van der Waals surface area contributed by atoms with E-state index in [1.54, 1.807) is 24.3 Å². The Bertz CT molecular complexity index is 2010. The lowest BCUT2D eigenvalue weighted by Gasteiger charge is -2.51. The first-order chi connectivity index (χ1) is 22.4. The van der Waals surface area contributed by atoms with E-state index in [0.29, 0.717) is 11.3 Å². The standard InChI is InChI=1S/C39H26BrNO5/c40-39-30-12-6-4-10-28(30)33(29-11-5-7-13-31(29)39)34-35(39)37(44)41(36(34)43)27-20-18-26(19-21-27)38(45)46-22-32(42)25-16-14-24(15-17-25)23-8-2-1-3-9-23/h1-21,33-35H,22H2/t33?,34-,35-,39?/m1/s1. The quantitative estimate of drug-likeness (QED) is 0.0822. The Kier molecular flexibility index (Phi) is 6.62. The number of hydrogen-bond acceptors (Lipinski definition) is 5. The van der Waals surface area contributed by atoms with Gasteiger partial charge in [-0.25, -0.2) is 9.69 Å². The summed E-state index contributed by atoms with van der Waals surface area (Å²) < 4.78 is 4.49. The molecule has 4 aliphatic rings. The van der Waals surface area contributed by atoms with Crippen LogP contribution in [0.4, 0.5) is 5.69 Å². The van der Waals surface area contributed by atoms with Gasteiger partial charge >= 0.3 is 5.97 Å². The van der Waals surface area contributed by atoms with E-state index in [-0.39, 0.29) is 29.1 Å². The number of carbonyl (C=O) groups excluding carboxylic acids is 4. The van der Waals surface area contributed by atoms with Crippen LogP contribution >= 0.6 is 15.9 Å². The summed E-state index contributed by atoms with van der Waals surface area (Å²) in [5, 5.41) is 0. The summed E-state index contributed by atoms with van der Waals surface area (Å²) in [5.41, 5.74) is 7.22. The van der Waals surface area contributed by atoms with E-state index in [2.05, 4.69) is 15.9 Å². The van der Waals surface area contributed by atoms with E-state index in [1.165, 1.54) is 17.0 Å². The first-order valence-electron chi connectivity index (χ1n) is 15.1. The number of nitrogens with zero attached hydrogens (tertiary/aromatic N) is 1. The van der Waals surface area contributed by atoms with Crippen LogP contribution in [0.15, 0.2) is 127 Å². The van der Waals surface area contributed by atoms with E-state index in [4.69, 9.17) is 4.74 Å². The highest BCUT2D eigenvalue weighted by molar-refractivity contribution is 9.09. The molecule has 2 atom stereocenters. The van der Waals surface area contributed by atoms with Crippen molar-refractivity contribution in [1.29, 1.82) is 0 Å². The van der Waals surface area contributed by atoms with Gasteiger partial charge in [-0.3, -0.25) is 14.4 Å². The van der Waals surface area contributed by atoms with Gasteiger partial charge in [-0.15, -0.1) is 0 Å². The van der Waals surface area contributed by atoms with E-state index in [1.807, 2.05) is 91.0 Å². The van der Waals surface area contributed by atoms with Crippen LogP contribution in [-0.4, -0.2) is 30.2 Å². The van der Waals surface area contributed by atoms with Gasteiger partial charge < -0.3 is 4.74 Å². The molecule has 2 bridgehead atoms. The van der Waals surface area contributed by atoms with Crippen molar-refractivity contribution >= 4 is 45.2 Å². The number of hydrogen-bond donors (Lipinski definition) is 0. The minimum absolute atomic E-state index is 0.212. The Morgan fingerprint density at radius 1 is 0.652 bits per heavy atom. The van der Waals surface area contributed by atoms with Gasteiger partial charge in [0, 0.05) is 11.5 Å². The molecule has 1 aliphatic heterocycles. The summed E-state index contributed by atoms with van der Waals surface area (Å²) in [5.74, 6) is -2.94. The summed E-state index contributed by atoms with van der Waals surface area (Å²) in [6.45, 7) is -0.409. The van der Waals surface area contributed by atoms with Crippen LogP contribution < -0.4 is 4.90 Å². The zero-order valence-electron chi connectivity index (χ0n) is 24.4. The number of alkyl halides is 1. The van der Waals surface area contributed by atoms with Crippen LogP contribution in [-0.2, 0) is 18.7 Å². The minimum atomic E-state index is -0.834. The lowest BCUT2D eigenvalue weighted by molar-refractivity contribution is -0.122. The lowest BCUT2D eigenvalue weighted by atomic mass is 9.55. The summed E-state index contributed by atoms with van der Waals surface area (Å²) in [6.07, 6.45) is 0. The molecular weight excluding hydrogens is 642 g/mol. The Labute approximate surface area is 273 Å². The molecule has 224 valence electrons. The van der Waals surface area contributed by atoms with Crippen LogP contribution in [0.3, 0.4) is 0 Å². The molecule has 5 aromatic rings. The molecule has 0 saturated carbocycles. The highest BCUT2D eigenvalue weighted by Gasteiger charge is 2.67. The molecule has 1 fully saturated rings. The zero-order chi connectivity index (χ0) is 31.6. The molecule has 1 heterocycles. The van der Waals surface area contributed by atoms with Gasteiger partial charge in [-0.2, -0.15) is 0 Å². The maximum absolute atomic E-state index is 14.1. The number of anilines is 1. The van der Waals surface area contributed by atoms with Gasteiger partial charge in [-0.1, -0.05) is 119 Å². The van der Waals surface area contributed by atoms with Crippen LogP contribution in [0.25, 0.3) is 11.1 Å². The molecule has 9 rings (SSSR count). The van der Waals surface area contributed by atoms with Crippen molar-refractivity contribution in [2.75, 3.05) is 11.5 Å². The molecule has 0 aromatic heterocycles. The van der Waals surface area contributed by atoms with Crippen molar-refractivity contribution in [3.63, 3.8) is 0 Å². The highest BCUT2D eigenvalue weighted by Crippen LogP contribution is 2.66. The summed E-state index contributed by atoms with van der Waals surface area (Å²) in [7, 11) is 0. The predicted octanol–water partition coefficient (Wildman–Crippen LogP) is 7.30. The number of imide groups is 1. The second kappa shape index (κ2) is 10.7. The van der Waals surface area contributed by atoms with Crippen LogP contribution in [0.5, 0.6) is 0 Å². The Balaban J connectivity index is 0.996. The minimum Gasteiger partial charge on any atom is -0.454 e. The number of Topliss-reactive ketones (excluding diaryl/α,β-unsaturated/α-hetero) is 1. The number of ether oxygens (including phenoxy) is 1. The highest BCUT2D eigenvalue weighted by atomic mass is 79.9. The summed E-state index contributed by atoms with van der Waals surface area (Å²) in [6, 6.07) is 39.2. The van der Waals surface area contributed by atoms with Gasteiger partial charge in [0.05, 0.1) is 27.4 Å². The fourth-order valence-electron chi connectivity index (χ4n) is 7.46. The van der Waals surface area contributed by atoms with Crippen LogP contribution in [0, 0.1) is 11.8 Å². The summed E-state index contributed by atoms with van der Waals surface area (Å²) >= 11 is 4.01. The molecular formula is C39H26BrNO5. The molecule has 0 spiro atoms. The van der Waals surface area contributed by atoms with Crippen molar-refractivity contribution in [2.45, 2.75) is 10.2 Å². The first kappa shape index (κ1) is 28.3. The SMILES string of the molecule is O=C(COC(=O)c1ccc(N2C(=O)[C@@H]3C4c5ccccc5C(Br)(c5ccccc54)[C@H]3C2=O)cc1)c1ccc(-c2ccccc2)cc1. The number of carbonyl (C=O) groups is 4. The number of halogens is 1. The molecule has 0 radical (unpaired) electrons. The van der Waals surface area contributed by atoms with Crippen molar-refractivity contribution in [3.8, 4) is 11.1 Å². The Morgan fingerprint density at radius 3 is 1.83 bits per heavy atom. The lowest BCUT2D eigenvalue weighted by Crippen LogP contribution is -2.50. The summed E-state index contributed by atoms with van der Waals surface area (Å²) in [4.78, 5) is 55.1. The third kappa shape index (κ3) is 4.15. The van der Waals surface area contributed by atoms with Crippen molar-refractivity contribution in [1.82, 2.24) is 0 Å². The molecule has 6 nitrogen and oxygen atoms in total. The molecule has 1 saturated heterocycles. The Morgan fingerprint density at radius 2 is 1.20 bits per heavy atom. The molecule has 46 heavy (non-hydrogen) atoms. The van der Waals surface area contributed by atoms with Gasteiger partial charge in [-0.05, 0) is 57.6 Å². The third-order valence-corrected chi connectivity index (χ3v) is 10.9. The van der Waals surface area contributed by atoms with E-state index < -0.39 is 28.7 Å². The van der Waals surface area contributed by atoms with E-state index >= 15 is 0 Å². The molecule has 0 N–H and O–H groups in total. The number of esters is 1.